The van der Waals surface area contributed by atoms with Crippen LogP contribution in [0.15, 0.2) is 85.6 Å². The molecule has 0 fully saturated rings. The van der Waals surface area contributed by atoms with E-state index in [1.807, 2.05) is 0 Å². The van der Waals surface area contributed by atoms with Gasteiger partial charge in [0.1, 0.15) is 31.7 Å². The molecule has 0 aliphatic carbocycles. The molecule has 0 amide bonds. The molecular formula is C20H11N2Na3O10S3. The molecule has 0 spiro atoms. The largest absolute Gasteiger partial charge is 1.00 e. The van der Waals surface area contributed by atoms with E-state index in [9.17, 15) is 36.3 Å². The van der Waals surface area contributed by atoms with Gasteiger partial charge in [-0.05, 0) is 35.7 Å². The summed E-state index contributed by atoms with van der Waals surface area (Å²) in [6, 6.07) is 13.0. The molecule has 4 aromatic rings. The van der Waals surface area contributed by atoms with Gasteiger partial charge in [-0.1, -0.05) is 30.3 Å². The van der Waals surface area contributed by atoms with E-state index in [4.69, 9.17) is 0 Å². The van der Waals surface area contributed by atoms with Crippen LogP contribution < -0.4 is 93.9 Å². The van der Waals surface area contributed by atoms with Crippen molar-refractivity contribution in [1.82, 2.24) is 0 Å². The van der Waals surface area contributed by atoms with E-state index in [1.54, 1.807) is 6.07 Å². The van der Waals surface area contributed by atoms with Gasteiger partial charge in [0, 0.05) is 21.1 Å². The first-order chi connectivity index (χ1) is 16.5. The summed E-state index contributed by atoms with van der Waals surface area (Å²) >= 11 is 0.361. The van der Waals surface area contributed by atoms with E-state index in [-0.39, 0.29) is 126 Å². The monoisotopic (exact) mass is 604 g/mol. The van der Waals surface area contributed by atoms with Crippen LogP contribution in [0.1, 0.15) is 0 Å². The third-order valence-corrected chi connectivity index (χ3v) is 7.13. The van der Waals surface area contributed by atoms with Gasteiger partial charge in [0.05, 0.1) is 27.5 Å². The minimum atomic E-state index is -5.11. The van der Waals surface area contributed by atoms with Crippen molar-refractivity contribution in [2.24, 2.45) is 10.2 Å². The molecule has 4 rings (SSSR count). The first-order valence-corrected chi connectivity index (χ1v) is 12.8. The number of benzene rings is 4. The van der Waals surface area contributed by atoms with Crippen molar-refractivity contribution in [2.75, 3.05) is 0 Å². The molecule has 18 heteroatoms. The number of aromatic hydroxyl groups is 1. The molecular weight excluding hydrogens is 593 g/mol. The summed E-state index contributed by atoms with van der Waals surface area (Å²) in [4.78, 5) is -1.19. The fraction of sp³-hybridized carbons (Fsp3) is 0. The SMILES string of the molecule is O=S(=O)([O-])c1ccc(N=Nc2c(O)ccc3cc(SOO[O-])cc(S(=O)(=O)[O-])c23)c2ccccc12.[Na+].[Na+].[Na+]. The third kappa shape index (κ3) is 7.98. The van der Waals surface area contributed by atoms with Crippen molar-refractivity contribution in [3.8, 4) is 5.75 Å². The number of fused-ring (bicyclic) bond motifs is 2. The zero-order valence-corrected chi connectivity index (χ0v) is 28.5. The van der Waals surface area contributed by atoms with E-state index in [0.717, 1.165) is 12.1 Å². The van der Waals surface area contributed by atoms with Gasteiger partial charge < -0.3 is 19.5 Å². The number of azo groups is 1. The van der Waals surface area contributed by atoms with Crippen molar-refractivity contribution in [2.45, 2.75) is 14.7 Å². The second-order valence-electron chi connectivity index (χ2n) is 6.91. The number of phenols is 1. The molecule has 0 unspecified atom stereocenters. The van der Waals surface area contributed by atoms with E-state index in [1.165, 1.54) is 42.5 Å². The summed E-state index contributed by atoms with van der Waals surface area (Å²) in [5.41, 5.74) is -0.261. The predicted molar refractivity (Wildman–Crippen MR) is 118 cm³/mol. The Bertz CT molecular complexity index is 1720. The molecule has 0 aliphatic rings. The maximum Gasteiger partial charge on any atom is 1.00 e. The van der Waals surface area contributed by atoms with Gasteiger partial charge in [-0.3, -0.25) is 5.04 Å². The van der Waals surface area contributed by atoms with E-state index >= 15 is 0 Å². The molecule has 4 aromatic carbocycles. The average molecular weight is 604 g/mol. The number of rotatable bonds is 7. The predicted octanol–water partition coefficient (Wildman–Crippen LogP) is -5.84. The van der Waals surface area contributed by atoms with Crippen molar-refractivity contribution in [1.29, 1.82) is 0 Å². The van der Waals surface area contributed by atoms with Crippen LogP contribution in [0.4, 0.5) is 11.4 Å². The Labute approximate surface area is 287 Å². The Hall–Kier alpha value is -0.150. The number of phenolic OH excluding ortho intramolecular Hbond substituents is 1. The molecule has 0 heterocycles. The Morgan fingerprint density at radius 1 is 0.789 bits per heavy atom. The fourth-order valence-corrected chi connectivity index (χ4v) is 5.38. The Morgan fingerprint density at radius 3 is 2.03 bits per heavy atom. The summed E-state index contributed by atoms with van der Waals surface area (Å²) in [5.74, 6) is -0.506. The molecule has 0 saturated carbocycles. The zero-order valence-electron chi connectivity index (χ0n) is 20.0. The maximum atomic E-state index is 12.0. The normalized spacial score (nSPS) is 11.7. The summed E-state index contributed by atoms with van der Waals surface area (Å²) < 4.78 is 74.9. The quantitative estimate of drug-likeness (QED) is 0.0526. The summed E-state index contributed by atoms with van der Waals surface area (Å²) in [6.45, 7) is 0. The van der Waals surface area contributed by atoms with Gasteiger partial charge in [-0.15, -0.1) is 10.2 Å². The van der Waals surface area contributed by atoms with Crippen molar-refractivity contribution >= 4 is 65.2 Å². The third-order valence-electron chi connectivity index (χ3n) is 4.82. The first kappa shape index (κ1) is 35.9. The van der Waals surface area contributed by atoms with Crippen LogP contribution in [0.3, 0.4) is 0 Å². The molecule has 0 aromatic heterocycles. The van der Waals surface area contributed by atoms with E-state index < -0.39 is 35.8 Å². The van der Waals surface area contributed by atoms with Crippen LogP contribution in [0.5, 0.6) is 5.75 Å². The minimum Gasteiger partial charge on any atom is -0.744 e. The van der Waals surface area contributed by atoms with Crippen LogP contribution in [-0.2, 0) is 29.6 Å². The molecule has 0 aliphatic heterocycles. The summed E-state index contributed by atoms with van der Waals surface area (Å²) in [7, 11) is -9.89. The van der Waals surface area contributed by atoms with Gasteiger partial charge in [-0.25, -0.2) is 16.8 Å². The maximum absolute atomic E-state index is 12.0. The van der Waals surface area contributed by atoms with Gasteiger partial charge >= 0.3 is 88.7 Å². The molecule has 38 heavy (non-hydrogen) atoms. The molecule has 1 N–H and O–H groups in total. The van der Waals surface area contributed by atoms with Crippen LogP contribution >= 0.6 is 12.0 Å². The van der Waals surface area contributed by atoms with Crippen molar-refractivity contribution in [3.63, 3.8) is 0 Å². The van der Waals surface area contributed by atoms with Crippen LogP contribution in [-0.4, -0.2) is 31.0 Å². The fourth-order valence-electron chi connectivity index (χ4n) is 3.44. The Morgan fingerprint density at radius 2 is 1.42 bits per heavy atom. The van der Waals surface area contributed by atoms with E-state index in [2.05, 4.69) is 19.6 Å². The van der Waals surface area contributed by atoms with Gasteiger partial charge in [0.2, 0.25) is 0 Å². The van der Waals surface area contributed by atoms with Crippen LogP contribution in [0.25, 0.3) is 21.5 Å². The first-order valence-electron chi connectivity index (χ1n) is 9.29. The van der Waals surface area contributed by atoms with Gasteiger partial charge in [-0.2, -0.15) is 4.33 Å². The summed E-state index contributed by atoms with van der Waals surface area (Å²) in [5, 5.41) is 31.9. The van der Waals surface area contributed by atoms with Crippen LogP contribution in [0.2, 0.25) is 0 Å². The smallest absolute Gasteiger partial charge is 0.744 e. The van der Waals surface area contributed by atoms with Gasteiger partial charge in [0.25, 0.3) is 0 Å². The number of nitrogens with zero attached hydrogens (tertiary/aromatic N) is 2. The molecule has 12 nitrogen and oxygen atoms in total. The van der Waals surface area contributed by atoms with Crippen molar-refractivity contribution < 1.29 is 134 Å². The minimum absolute atomic E-state index is 0. The Balaban J connectivity index is 0.00000241. The standard InChI is InChI=1S/C20H14N2O10S3.3Na/c23-16-7-5-11-9-12(33-32-31-24)10-18(35(28,29)30)19(11)20(16)22-21-15-6-8-17(34(25,26)27)14-4-2-1-3-13(14)15;;;/h1-10,23-24H,(H,25,26,27)(H,28,29,30);;;/q;3*+1/p-3. The number of hydrogen-bond donors (Lipinski definition) is 1. The molecule has 0 radical (unpaired) electrons. The van der Waals surface area contributed by atoms with Crippen LogP contribution in [0, 0.1) is 0 Å². The molecule has 0 atom stereocenters. The topological polar surface area (TPSA) is 201 Å². The molecule has 0 saturated heterocycles. The van der Waals surface area contributed by atoms with Gasteiger partial charge in [0.15, 0.2) is 0 Å². The molecule has 182 valence electrons. The second kappa shape index (κ2) is 14.7. The number of hydrogen-bond acceptors (Lipinski definition) is 13. The van der Waals surface area contributed by atoms with Crippen molar-refractivity contribution in [3.05, 3.63) is 60.7 Å². The second-order valence-corrected chi connectivity index (χ2v) is 10.4. The molecule has 0 bridgehead atoms. The van der Waals surface area contributed by atoms with E-state index in [0.29, 0.717) is 12.0 Å². The zero-order chi connectivity index (χ0) is 25.4. The summed E-state index contributed by atoms with van der Waals surface area (Å²) in [6.07, 6.45) is 0. The Kier molecular flexibility index (Phi) is 13.8. The average Bonchev–Trinajstić information content (AvgIpc) is 2.80.